The third kappa shape index (κ3) is 4.13. The number of hydrogen-bond acceptors (Lipinski definition) is 4. The van der Waals surface area contributed by atoms with Crippen LogP contribution in [0.15, 0.2) is 23.8 Å². The van der Waals surface area contributed by atoms with Crippen LogP contribution in [0.25, 0.3) is 6.08 Å². The number of benzene rings is 1. The van der Waals surface area contributed by atoms with Crippen molar-refractivity contribution in [3.05, 3.63) is 29.3 Å². The number of carbonyl (C=O) groups excluding carboxylic acids is 1. The van der Waals surface area contributed by atoms with Gasteiger partial charge in [0, 0.05) is 25.1 Å². The maximum absolute atomic E-state index is 12.8. The van der Waals surface area contributed by atoms with Gasteiger partial charge >= 0.3 is 5.97 Å². The average molecular weight is 345 g/mol. The van der Waals surface area contributed by atoms with Crippen LogP contribution in [-0.2, 0) is 9.59 Å². The van der Waals surface area contributed by atoms with Crippen molar-refractivity contribution in [2.45, 2.75) is 25.7 Å². The molecule has 1 atom stereocenters. The van der Waals surface area contributed by atoms with Crippen LogP contribution in [-0.4, -0.2) is 48.7 Å². The van der Waals surface area contributed by atoms with E-state index in [1.165, 1.54) is 0 Å². The molecule has 25 heavy (non-hydrogen) atoms. The second kappa shape index (κ2) is 7.59. The van der Waals surface area contributed by atoms with Crippen molar-refractivity contribution < 1.29 is 24.2 Å². The number of methoxy groups -OCH3 is 1. The van der Waals surface area contributed by atoms with E-state index in [-0.39, 0.29) is 24.9 Å². The van der Waals surface area contributed by atoms with Crippen LogP contribution >= 0.6 is 0 Å². The Bertz CT molecular complexity index is 697. The van der Waals surface area contributed by atoms with Crippen LogP contribution in [0.1, 0.15) is 31.2 Å². The van der Waals surface area contributed by atoms with Crippen LogP contribution in [0.5, 0.6) is 11.5 Å². The normalized spacial score (nSPS) is 19.5. The minimum absolute atomic E-state index is 0.0199. The molecule has 2 aliphatic rings. The van der Waals surface area contributed by atoms with Gasteiger partial charge in [-0.3, -0.25) is 9.59 Å². The zero-order valence-electron chi connectivity index (χ0n) is 14.4. The maximum atomic E-state index is 12.8. The summed E-state index contributed by atoms with van der Waals surface area (Å²) in [6.07, 6.45) is 4.53. The number of hydrogen-bond donors (Lipinski definition) is 1. The Balaban J connectivity index is 1.69. The lowest BCUT2D eigenvalue weighted by Crippen LogP contribution is -2.41. The molecule has 1 N–H and O–H groups in total. The highest BCUT2D eigenvalue weighted by atomic mass is 16.5. The van der Waals surface area contributed by atoms with Gasteiger partial charge in [-0.15, -0.1) is 0 Å². The Kier molecular flexibility index (Phi) is 5.26. The number of carboxylic acids is 1. The zero-order chi connectivity index (χ0) is 17.8. The Morgan fingerprint density at radius 1 is 1.40 bits per heavy atom. The minimum Gasteiger partial charge on any atom is -0.497 e. The SMILES string of the molecule is COc1ccc2c(c1)C=C(C(=O)N1CCCC(CCC(=O)O)C1)CO2. The van der Waals surface area contributed by atoms with E-state index in [0.717, 1.165) is 29.9 Å². The highest BCUT2D eigenvalue weighted by Crippen LogP contribution is 2.31. The molecule has 2 aliphatic heterocycles. The number of carbonyl (C=O) groups is 2. The van der Waals surface area contributed by atoms with E-state index in [1.54, 1.807) is 7.11 Å². The molecular formula is C19H23NO5. The van der Waals surface area contributed by atoms with Crippen LogP contribution in [0.3, 0.4) is 0 Å². The third-order valence-electron chi connectivity index (χ3n) is 4.78. The second-order valence-corrected chi connectivity index (χ2v) is 6.55. The highest BCUT2D eigenvalue weighted by Gasteiger charge is 2.27. The number of amides is 1. The van der Waals surface area contributed by atoms with E-state index in [1.807, 2.05) is 29.2 Å². The lowest BCUT2D eigenvalue weighted by Gasteiger charge is -2.33. The van der Waals surface area contributed by atoms with Gasteiger partial charge in [-0.2, -0.15) is 0 Å². The molecule has 1 aromatic rings. The first-order valence-electron chi connectivity index (χ1n) is 8.59. The van der Waals surface area contributed by atoms with Gasteiger partial charge in [0.2, 0.25) is 0 Å². The molecule has 1 amide bonds. The summed E-state index contributed by atoms with van der Waals surface area (Å²) in [4.78, 5) is 25.4. The molecule has 6 heteroatoms. The van der Waals surface area contributed by atoms with Gasteiger partial charge in [0.1, 0.15) is 18.1 Å². The average Bonchev–Trinajstić information content (AvgIpc) is 2.65. The number of ether oxygens (including phenoxy) is 2. The standard InChI is InChI=1S/C19H23NO5/c1-24-16-5-6-17-14(10-16)9-15(12-25-17)19(23)20-8-2-3-13(11-20)4-7-18(21)22/h5-6,9-10,13H,2-4,7-8,11-12H2,1H3,(H,21,22). The molecule has 0 aromatic heterocycles. The predicted molar refractivity (Wildman–Crippen MR) is 92.6 cm³/mol. The fourth-order valence-electron chi connectivity index (χ4n) is 3.42. The number of carboxylic acid groups (broad SMARTS) is 1. The summed E-state index contributed by atoms with van der Waals surface area (Å²) in [5.41, 5.74) is 1.47. The van der Waals surface area contributed by atoms with Crippen molar-refractivity contribution in [1.29, 1.82) is 0 Å². The Labute approximate surface area is 147 Å². The van der Waals surface area contributed by atoms with E-state index in [0.29, 0.717) is 25.1 Å². The molecule has 1 saturated heterocycles. The molecule has 0 radical (unpaired) electrons. The zero-order valence-corrected chi connectivity index (χ0v) is 14.4. The maximum Gasteiger partial charge on any atom is 0.303 e. The first-order valence-corrected chi connectivity index (χ1v) is 8.59. The van der Waals surface area contributed by atoms with Gasteiger partial charge in [0.05, 0.1) is 12.7 Å². The largest absolute Gasteiger partial charge is 0.497 e. The molecule has 1 aromatic carbocycles. The Morgan fingerprint density at radius 3 is 3.00 bits per heavy atom. The fraction of sp³-hybridized carbons (Fsp3) is 0.474. The second-order valence-electron chi connectivity index (χ2n) is 6.55. The van der Waals surface area contributed by atoms with E-state index in [2.05, 4.69) is 0 Å². The Morgan fingerprint density at radius 2 is 2.24 bits per heavy atom. The smallest absolute Gasteiger partial charge is 0.303 e. The topological polar surface area (TPSA) is 76.1 Å². The number of likely N-dealkylation sites (tertiary alicyclic amines) is 1. The molecule has 134 valence electrons. The molecule has 0 aliphatic carbocycles. The van der Waals surface area contributed by atoms with Gasteiger partial charge in [0.25, 0.3) is 5.91 Å². The van der Waals surface area contributed by atoms with Crippen LogP contribution in [0, 0.1) is 5.92 Å². The minimum atomic E-state index is -0.780. The molecule has 1 fully saturated rings. The van der Waals surface area contributed by atoms with Crippen LogP contribution in [0.2, 0.25) is 0 Å². The van der Waals surface area contributed by atoms with Crippen LogP contribution in [0.4, 0.5) is 0 Å². The van der Waals surface area contributed by atoms with Gasteiger partial charge < -0.3 is 19.5 Å². The summed E-state index contributed by atoms with van der Waals surface area (Å²) in [7, 11) is 1.60. The predicted octanol–water partition coefficient (Wildman–Crippen LogP) is 2.57. The molecule has 0 bridgehead atoms. The van der Waals surface area contributed by atoms with Gasteiger partial charge in [-0.05, 0) is 49.5 Å². The number of piperidine rings is 1. The fourth-order valence-corrected chi connectivity index (χ4v) is 3.42. The van der Waals surface area contributed by atoms with E-state index in [4.69, 9.17) is 14.6 Å². The molecule has 0 spiro atoms. The van der Waals surface area contributed by atoms with Gasteiger partial charge in [-0.1, -0.05) is 0 Å². The molecule has 0 saturated carbocycles. The van der Waals surface area contributed by atoms with E-state index in [9.17, 15) is 9.59 Å². The van der Waals surface area contributed by atoms with Crippen LogP contribution < -0.4 is 9.47 Å². The van der Waals surface area contributed by atoms with Crippen molar-refractivity contribution in [2.24, 2.45) is 5.92 Å². The number of aliphatic carboxylic acids is 1. The van der Waals surface area contributed by atoms with Crippen molar-refractivity contribution in [1.82, 2.24) is 4.90 Å². The summed E-state index contributed by atoms with van der Waals surface area (Å²) in [5.74, 6) is 0.923. The quantitative estimate of drug-likeness (QED) is 0.888. The lowest BCUT2D eigenvalue weighted by atomic mass is 9.93. The molecule has 6 nitrogen and oxygen atoms in total. The van der Waals surface area contributed by atoms with Crippen molar-refractivity contribution in [3.63, 3.8) is 0 Å². The van der Waals surface area contributed by atoms with Crippen molar-refractivity contribution in [2.75, 3.05) is 26.8 Å². The summed E-state index contributed by atoms with van der Waals surface area (Å²) in [5, 5.41) is 8.84. The number of rotatable bonds is 5. The molecule has 3 rings (SSSR count). The molecule has 2 heterocycles. The number of nitrogens with zero attached hydrogens (tertiary/aromatic N) is 1. The summed E-state index contributed by atoms with van der Waals surface area (Å²) < 4.78 is 10.9. The summed E-state index contributed by atoms with van der Waals surface area (Å²) in [6.45, 7) is 1.59. The Hall–Kier alpha value is -2.50. The van der Waals surface area contributed by atoms with E-state index >= 15 is 0 Å². The van der Waals surface area contributed by atoms with Gasteiger partial charge in [0.15, 0.2) is 0 Å². The highest BCUT2D eigenvalue weighted by molar-refractivity contribution is 5.99. The summed E-state index contributed by atoms with van der Waals surface area (Å²) in [6, 6.07) is 5.53. The monoisotopic (exact) mass is 345 g/mol. The van der Waals surface area contributed by atoms with Gasteiger partial charge in [-0.25, -0.2) is 0 Å². The summed E-state index contributed by atoms with van der Waals surface area (Å²) >= 11 is 0. The molecule has 1 unspecified atom stereocenters. The van der Waals surface area contributed by atoms with Crippen molar-refractivity contribution >= 4 is 18.0 Å². The van der Waals surface area contributed by atoms with E-state index < -0.39 is 5.97 Å². The lowest BCUT2D eigenvalue weighted by molar-refractivity contribution is -0.137. The molecular weight excluding hydrogens is 322 g/mol. The van der Waals surface area contributed by atoms with Crippen molar-refractivity contribution in [3.8, 4) is 11.5 Å². The first-order chi connectivity index (χ1) is 12.1. The first kappa shape index (κ1) is 17.3. The number of fused-ring (bicyclic) bond motifs is 1. The third-order valence-corrected chi connectivity index (χ3v) is 4.78.